The number of hydrogen-bond acceptors (Lipinski definition) is 5. The molecule has 1 atom stereocenters. The van der Waals surface area contributed by atoms with Crippen molar-refractivity contribution in [3.63, 3.8) is 0 Å². The van der Waals surface area contributed by atoms with E-state index in [0.717, 1.165) is 0 Å². The predicted octanol–water partition coefficient (Wildman–Crippen LogP) is 1.51. The highest BCUT2D eigenvalue weighted by molar-refractivity contribution is 8.12. The number of rotatable bonds is 4. The standard InChI is InChI=1S/C7H9ClO6P2S/c8-5-1-3-6(4-2-5)17-7(9,15(10)11)16(12,13)14/h1-4,9-11H,(H2,12,13,14). The van der Waals surface area contributed by atoms with E-state index in [1.54, 1.807) is 0 Å². The molecule has 0 radical (unpaired) electrons. The number of thioether (sulfide) groups is 1. The second kappa shape index (κ2) is 5.53. The molecule has 1 rings (SSSR count). The normalized spacial score (nSPS) is 15.9. The van der Waals surface area contributed by atoms with Crippen molar-refractivity contribution in [2.45, 2.75) is 9.31 Å². The van der Waals surface area contributed by atoms with Gasteiger partial charge in [0.1, 0.15) is 0 Å². The minimum atomic E-state index is -5.11. The topological polar surface area (TPSA) is 118 Å². The fourth-order valence-electron chi connectivity index (χ4n) is 0.878. The van der Waals surface area contributed by atoms with Crippen LogP contribution in [0.4, 0.5) is 0 Å². The van der Waals surface area contributed by atoms with Crippen molar-refractivity contribution < 1.29 is 29.2 Å². The molecule has 0 amide bonds. The molecule has 0 aliphatic heterocycles. The van der Waals surface area contributed by atoms with E-state index in [0.29, 0.717) is 5.02 Å². The van der Waals surface area contributed by atoms with Crippen LogP contribution >= 0.6 is 39.3 Å². The van der Waals surface area contributed by atoms with Gasteiger partial charge in [-0.2, -0.15) is 0 Å². The van der Waals surface area contributed by atoms with Crippen LogP contribution in [0.1, 0.15) is 0 Å². The summed E-state index contributed by atoms with van der Waals surface area (Å²) in [4.78, 5) is 36.0. The lowest BCUT2D eigenvalue weighted by molar-refractivity contribution is 0.218. The maximum absolute atomic E-state index is 11.1. The summed E-state index contributed by atoms with van der Waals surface area (Å²) in [5.74, 6) is 0. The summed E-state index contributed by atoms with van der Waals surface area (Å²) in [7, 11) is -8.35. The van der Waals surface area contributed by atoms with Gasteiger partial charge in [0.25, 0.3) is 4.42 Å². The zero-order chi connectivity index (χ0) is 13.3. The third-order valence-corrected chi connectivity index (χ3v) is 7.09. The lowest BCUT2D eigenvalue weighted by atomic mass is 10.4. The zero-order valence-electron chi connectivity index (χ0n) is 8.13. The summed E-state index contributed by atoms with van der Waals surface area (Å²) in [6.45, 7) is 0. The van der Waals surface area contributed by atoms with Crippen LogP contribution in [-0.2, 0) is 4.57 Å². The summed E-state index contributed by atoms with van der Waals surface area (Å²) in [5, 5.41) is 10.1. The molecule has 1 aromatic rings. The van der Waals surface area contributed by atoms with E-state index in [4.69, 9.17) is 31.2 Å². The van der Waals surface area contributed by atoms with Crippen LogP contribution in [0.15, 0.2) is 29.2 Å². The Morgan fingerprint density at radius 3 is 2.06 bits per heavy atom. The minimum absolute atomic E-state index is 0.246. The molecule has 0 heterocycles. The van der Waals surface area contributed by atoms with Crippen LogP contribution in [0, 0.1) is 0 Å². The van der Waals surface area contributed by atoms with Crippen molar-refractivity contribution in [1.29, 1.82) is 0 Å². The van der Waals surface area contributed by atoms with Gasteiger partial charge in [0, 0.05) is 9.92 Å². The third-order valence-electron chi connectivity index (χ3n) is 1.71. The molecule has 0 saturated heterocycles. The molecule has 1 aromatic carbocycles. The molecule has 17 heavy (non-hydrogen) atoms. The van der Waals surface area contributed by atoms with Crippen molar-refractivity contribution >= 4 is 39.3 Å². The molecule has 0 aliphatic rings. The first-order chi connectivity index (χ1) is 7.67. The smallest absolute Gasteiger partial charge is 0.362 e. The first-order valence-electron chi connectivity index (χ1n) is 4.07. The van der Waals surface area contributed by atoms with E-state index in [2.05, 4.69) is 0 Å². The van der Waals surface area contributed by atoms with Gasteiger partial charge in [0.15, 0.2) is 0 Å². The Hall–Kier alpha value is 0.320. The second-order valence-electron chi connectivity index (χ2n) is 2.96. The Morgan fingerprint density at radius 1 is 1.24 bits per heavy atom. The first-order valence-corrected chi connectivity index (χ1v) is 8.13. The lowest BCUT2D eigenvalue weighted by Crippen LogP contribution is -2.21. The van der Waals surface area contributed by atoms with Gasteiger partial charge in [-0.3, -0.25) is 4.57 Å². The Balaban J connectivity index is 3.04. The van der Waals surface area contributed by atoms with Gasteiger partial charge in [0.05, 0.1) is 0 Å². The highest BCUT2D eigenvalue weighted by Crippen LogP contribution is 2.69. The molecule has 0 bridgehead atoms. The van der Waals surface area contributed by atoms with E-state index in [-0.39, 0.29) is 16.7 Å². The van der Waals surface area contributed by atoms with Crippen molar-refractivity contribution in [3.05, 3.63) is 29.3 Å². The zero-order valence-corrected chi connectivity index (χ0v) is 11.5. The Labute approximate surface area is 107 Å². The Morgan fingerprint density at radius 2 is 1.71 bits per heavy atom. The van der Waals surface area contributed by atoms with Crippen molar-refractivity contribution in [2.75, 3.05) is 0 Å². The lowest BCUT2D eigenvalue weighted by Gasteiger charge is -2.28. The molecular weight excluding hydrogens is 310 g/mol. The van der Waals surface area contributed by atoms with E-state index in [1.807, 2.05) is 0 Å². The monoisotopic (exact) mass is 318 g/mol. The van der Waals surface area contributed by atoms with Gasteiger partial charge in [0.2, 0.25) is 8.38 Å². The average Bonchev–Trinajstić information content (AvgIpc) is 2.19. The van der Waals surface area contributed by atoms with Crippen LogP contribution in [0.3, 0.4) is 0 Å². The van der Waals surface area contributed by atoms with Crippen molar-refractivity contribution in [2.24, 2.45) is 0 Å². The minimum Gasteiger partial charge on any atom is -0.362 e. The maximum Gasteiger partial charge on any atom is 0.377 e. The largest absolute Gasteiger partial charge is 0.377 e. The molecule has 5 N–H and O–H groups in total. The van der Waals surface area contributed by atoms with Gasteiger partial charge >= 0.3 is 7.60 Å². The Bertz CT molecular complexity index is 434. The van der Waals surface area contributed by atoms with E-state index in [1.165, 1.54) is 24.3 Å². The number of aliphatic hydroxyl groups is 1. The van der Waals surface area contributed by atoms with Crippen LogP contribution in [0.5, 0.6) is 0 Å². The van der Waals surface area contributed by atoms with E-state index in [9.17, 15) is 9.67 Å². The van der Waals surface area contributed by atoms with Gasteiger partial charge in [-0.25, -0.2) is 0 Å². The maximum atomic E-state index is 11.1. The number of hydrogen-bond donors (Lipinski definition) is 5. The Kier molecular flexibility index (Phi) is 5.00. The fourth-order valence-corrected chi connectivity index (χ4v) is 3.96. The highest BCUT2D eigenvalue weighted by Gasteiger charge is 2.53. The number of halogens is 1. The molecular formula is C7H9ClO6P2S. The summed E-state index contributed by atoms with van der Waals surface area (Å²) in [6.07, 6.45) is 0. The third kappa shape index (κ3) is 3.64. The molecule has 0 fully saturated rings. The highest BCUT2D eigenvalue weighted by atomic mass is 35.5. The quantitative estimate of drug-likeness (QED) is 0.324. The second-order valence-corrected chi connectivity index (χ2v) is 8.59. The van der Waals surface area contributed by atoms with Crippen LogP contribution in [-0.4, -0.2) is 29.1 Å². The molecule has 1 unspecified atom stereocenters. The molecule has 0 aliphatic carbocycles. The summed E-state index contributed by atoms with van der Waals surface area (Å²) in [5.41, 5.74) is 0. The first kappa shape index (κ1) is 15.4. The van der Waals surface area contributed by atoms with Crippen molar-refractivity contribution in [3.8, 4) is 0 Å². The van der Waals surface area contributed by atoms with Gasteiger partial charge in [-0.05, 0) is 24.3 Å². The fraction of sp³-hybridized carbons (Fsp3) is 0.143. The van der Waals surface area contributed by atoms with Crippen molar-refractivity contribution in [1.82, 2.24) is 0 Å². The molecule has 0 spiro atoms. The predicted molar refractivity (Wildman–Crippen MR) is 65.7 cm³/mol. The molecule has 0 saturated carbocycles. The van der Waals surface area contributed by atoms with Crippen LogP contribution < -0.4 is 0 Å². The summed E-state index contributed by atoms with van der Waals surface area (Å²) >= 11 is 5.89. The molecule has 0 aromatic heterocycles. The van der Waals surface area contributed by atoms with E-state index < -0.39 is 20.4 Å². The van der Waals surface area contributed by atoms with E-state index >= 15 is 0 Å². The van der Waals surface area contributed by atoms with Gasteiger partial charge in [-0.1, -0.05) is 23.4 Å². The summed E-state index contributed by atoms with van der Waals surface area (Å²) in [6, 6.07) is 5.68. The average molecular weight is 319 g/mol. The molecule has 6 nitrogen and oxygen atoms in total. The van der Waals surface area contributed by atoms with Crippen LogP contribution in [0.2, 0.25) is 5.02 Å². The van der Waals surface area contributed by atoms with Crippen LogP contribution in [0.25, 0.3) is 0 Å². The summed E-state index contributed by atoms with van der Waals surface area (Å²) < 4.78 is 8.11. The SMILES string of the molecule is O=P(O)(O)C(O)(Sc1ccc(Cl)cc1)P(O)O. The number of benzene rings is 1. The molecule has 96 valence electrons. The van der Waals surface area contributed by atoms with Gasteiger partial charge < -0.3 is 24.7 Å². The van der Waals surface area contributed by atoms with Gasteiger partial charge in [-0.15, -0.1) is 0 Å². The molecule has 10 heteroatoms.